The Bertz CT molecular complexity index is 1160. The number of benzene rings is 2. The van der Waals surface area contributed by atoms with E-state index in [9.17, 15) is 19.2 Å². The van der Waals surface area contributed by atoms with Crippen LogP contribution in [0.1, 0.15) is 59.7 Å². The Labute approximate surface area is 203 Å². The number of anilines is 1. The highest BCUT2D eigenvalue weighted by molar-refractivity contribution is 6.31. The minimum atomic E-state index is -0.644. The molecule has 0 spiro atoms. The van der Waals surface area contributed by atoms with Crippen molar-refractivity contribution in [1.29, 1.82) is 0 Å². The van der Waals surface area contributed by atoms with Gasteiger partial charge >= 0.3 is 0 Å². The first kappa shape index (κ1) is 23.8. The molecule has 2 aliphatic rings. The topological polar surface area (TPSA) is 108 Å². The summed E-state index contributed by atoms with van der Waals surface area (Å²) in [7, 11) is 0. The minimum absolute atomic E-state index is 0.101. The summed E-state index contributed by atoms with van der Waals surface area (Å²) in [6.45, 7) is 4.86. The van der Waals surface area contributed by atoms with Crippen LogP contribution in [-0.2, 0) is 27.5 Å². The van der Waals surface area contributed by atoms with Crippen molar-refractivity contribution in [2.45, 2.75) is 51.7 Å². The molecule has 178 valence electrons. The number of piperidine rings is 1. The average molecular weight is 483 g/mol. The number of nitrogens with zero attached hydrogens (tertiary/aromatic N) is 1. The summed E-state index contributed by atoms with van der Waals surface area (Å²) in [5, 5.41) is 8.91. The smallest absolute Gasteiger partial charge is 0.255 e. The van der Waals surface area contributed by atoms with E-state index >= 15 is 0 Å². The van der Waals surface area contributed by atoms with Gasteiger partial charge in [0, 0.05) is 35.8 Å². The van der Waals surface area contributed by atoms with Gasteiger partial charge < -0.3 is 15.5 Å². The highest BCUT2D eigenvalue weighted by atomic mass is 35.5. The first-order valence-electron chi connectivity index (χ1n) is 11.3. The number of rotatable bonds is 7. The van der Waals surface area contributed by atoms with Gasteiger partial charge in [0.15, 0.2) is 0 Å². The van der Waals surface area contributed by atoms with Crippen LogP contribution in [0.15, 0.2) is 36.4 Å². The van der Waals surface area contributed by atoms with Crippen LogP contribution in [-0.4, -0.2) is 41.1 Å². The molecule has 8 nitrogen and oxygen atoms in total. The largest absolute Gasteiger partial charge is 0.376 e. The molecule has 9 heteroatoms. The van der Waals surface area contributed by atoms with E-state index < -0.39 is 11.9 Å². The third-order valence-corrected chi connectivity index (χ3v) is 6.48. The third kappa shape index (κ3) is 5.07. The van der Waals surface area contributed by atoms with Gasteiger partial charge in [-0.05, 0) is 47.2 Å². The minimum Gasteiger partial charge on any atom is -0.376 e. The lowest BCUT2D eigenvalue weighted by molar-refractivity contribution is -0.137. The number of carbonyl (C=O) groups excluding carboxylic acids is 4. The lowest BCUT2D eigenvalue weighted by Gasteiger charge is -2.29. The second kappa shape index (κ2) is 9.85. The Hall–Kier alpha value is -3.39. The molecule has 2 heterocycles. The van der Waals surface area contributed by atoms with Crippen molar-refractivity contribution in [1.82, 2.24) is 15.5 Å². The van der Waals surface area contributed by atoms with E-state index in [1.165, 1.54) is 4.90 Å². The maximum atomic E-state index is 12.8. The maximum Gasteiger partial charge on any atom is 0.255 e. The van der Waals surface area contributed by atoms with Crippen molar-refractivity contribution in [2.75, 3.05) is 11.9 Å². The molecule has 2 aromatic carbocycles. The van der Waals surface area contributed by atoms with Crippen LogP contribution in [0, 0.1) is 0 Å². The molecular weight excluding hydrogens is 456 g/mol. The number of fused-ring (bicyclic) bond motifs is 1. The van der Waals surface area contributed by atoms with Crippen molar-refractivity contribution in [3.63, 3.8) is 0 Å². The number of amides is 4. The van der Waals surface area contributed by atoms with Gasteiger partial charge in [-0.25, -0.2) is 0 Å². The number of imide groups is 1. The van der Waals surface area contributed by atoms with Crippen LogP contribution < -0.4 is 16.0 Å². The van der Waals surface area contributed by atoms with Gasteiger partial charge in [0.1, 0.15) is 6.04 Å². The number of hydrogen-bond acceptors (Lipinski definition) is 5. The first-order valence-corrected chi connectivity index (χ1v) is 11.7. The van der Waals surface area contributed by atoms with Gasteiger partial charge in [0.25, 0.3) is 5.91 Å². The van der Waals surface area contributed by atoms with E-state index in [1.54, 1.807) is 12.1 Å². The quantitative estimate of drug-likeness (QED) is 0.526. The summed E-state index contributed by atoms with van der Waals surface area (Å²) in [5.74, 6) is -0.813. The molecule has 1 saturated heterocycles. The molecular formula is C25H27ClN4O4. The molecule has 0 saturated carbocycles. The summed E-state index contributed by atoms with van der Waals surface area (Å²) in [6, 6.07) is 10.4. The number of carbonyl (C=O) groups is 4. The summed E-state index contributed by atoms with van der Waals surface area (Å²) in [4.78, 5) is 50.2. The van der Waals surface area contributed by atoms with Crippen molar-refractivity contribution in [3.05, 3.63) is 63.7 Å². The molecule has 1 atom stereocenters. The van der Waals surface area contributed by atoms with Crippen molar-refractivity contribution < 1.29 is 19.2 Å². The zero-order chi connectivity index (χ0) is 24.4. The Morgan fingerprint density at radius 3 is 2.68 bits per heavy atom. The van der Waals surface area contributed by atoms with Gasteiger partial charge in [-0.3, -0.25) is 24.5 Å². The molecule has 4 rings (SSSR count). The monoisotopic (exact) mass is 482 g/mol. The molecule has 3 N–H and O–H groups in total. The fourth-order valence-corrected chi connectivity index (χ4v) is 4.69. The van der Waals surface area contributed by atoms with E-state index in [0.717, 1.165) is 22.4 Å². The molecule has 1 fully saturated rings. The molecule has 4 amide bonds. The molecule has 2 aliphatic heterocycles. The van der Waals surface area contributed by atoms with Gasteiger partial charge in [0.05, 0.1) is 6.54 Å². The molecule has 2 aromatic rings. The van der Waals surface area contributed by atoms with E-state index in [0.29, 0.717) is 36.0 Å². The number of hydrogen-bond donors (Lipinski definition) is 3. The maximum absolute atomic E-state index is 12.8. The molecule has 0 radical (unpaired) electrons. The Morgan fingerprint density at radius 2 is 1.97 bits per heavy atom. The normalized spacial score (nSPS) is 17.6. The summed E-state index contributed by atoms with van der Waals surface area (Å²) >= 11 is 6.31. The standard InChI is InChI=1S/C25H27ClN4O4/c1-14(2)18-6-4-17(10-20(18)26)27-12-23(32)28-11-15-3-5-19-16(9-15)13-30(25(19)34)21-7-8-22(31)29-24(21)33/h3-6,9-10,14,21,27H,7-8,11-13H2,1-2H3,(H,28,32)(H,29,31,33). The molecule has 1 unspecified atom stereocenters. The predicted molar refractivity (Wildman–Crippen MR) is 128 cm³/mol. The van der Waals surface area contributed by atoms with E-state index in [2.05, 4.69) is 29.8 Å². The molecule has 0 aliphatic carbocycles. The second-order valence-electron chi connectivity index (χ2n) is 8.91. The van der Waals surface area contributed by atoms with Crippen molar-refractivity contribution in [3.8, 4) is 0 Å². The number of nitrogens with one attached hydrogen (secondary N) is 3. The molecule has 34 heavy (non-hydrogen) atoms. The highest BCUT2D eigenvalue weighted by Crippen LogP contribution is 2.29. The van der Waals surface area contributed by atoms with Gasteiger partial charge in [-0.1, -0.05) is 43.6 Å². The zero-order valence-electron chi connectivity index (χ0n) is 19.1. The van der Waals surface area contributed by atoms with E-state index in [4.69, 9.17) is 11.6 Å². The summed E-state index contributed by atoms with van der Waals surface area (Å²) in [6.07, 6.45) is 0.543. The van der Waals surface area contributed by atoms with Crippen LogP contribution in [0.5, 0.6) is 0 Å². The summed E-state index contributed by atoms with van der Waals surface area (Å²) in [5.41, 5.74) is 4.04. The van der Waals surface area contributed by atoms with Crippen molar-refractivity contribution in [2.24, 2.45) is 0 Å². The van der Waals surface area contributed by atoms with Gasteiger partial charge in [-0.15, -0.1) is 0 Å². The molecule has 0 aromatic heterocycles. The Kier molecular flexibility index (Phi) is 6.88. The van der Waals surface area contributed by atoms with Crippen molar-refractivity contribution >= 4 is 40.9 Å². The Morgan fingerprint density at radius 1 is 1.18 bits per heavy atom. The predicted octanol–water partition coefficient (Wildman–Crippen LogP) is 2.95. The zero-order valence-corrected chi connectivity index (χ0v) is 19.9. The van der Waals surface area contributed by atoms with Gasteiger partial charge in [0.2, 0.25) is 17.7 Å². The fourth-order valence-electron chi connectivity index (χ4n) is 4.29. The SMILES string of the molecule is CC(C)c1ccc(NCC(=O)NCc2ccc3c(c2)CN(C2CCC(=O)NC2=O)C3=O)cc1Cl. The van der Waals surface area contributed by atoms with Crippen LogP contribution in [0.25, 0.3) is 0 Å². The molecule has 0 bridgehead atoms. The fraction of sp³-hybridized carbons (Fsp3) is 0.360. The highest BCUT2D eigenvalue weighted by Gasteiger charge is 2.39. The van der Waals surface area contributed by atoms with Gasteiger partial charge in [-0.2, -0.15) is 0 Å². The average Bonchev–Trinajstić information content (AvgIpc) is 3.11. The first-order chi connectivity index (χ1) is 16.2. The number of halogens is 1. The van der Waals surface area contributed by atoms with Crippen LogP contribution in [0.3, 0.4) is 0 Å². The second-order valence-corrected chi connectivity index (χ2v) is 9.32. The lowest BCUT2D eigenvalue weighted by Crippen LogP contribution is -2.52. The summed E-state index contributed by atoms with van der Waals surface area (Å²) < 4.78 is 0. The van der Waals surface area contributed by atoms with Crippen LogP contribution >= 0.6 is 11.6 Å². The third-order valence-electron chi connectivity index (χ3n) is 6.15. The van der Waals surface area contributed by atoms with Crippen LogP contribution in [0.2, 0.25) is 5.02 Å². The van der Waals surface area contributed by atoms with E-state index in [1.807, 2.05) is 24.3 Å². The van der Waals surface area contributed by atoms with E-state index in [-0.39, 0.29) is 30.7 Å². The van der Waals surface area contributed by atoms with Crippen LogP contribution in [0.4, 0.5) is 5.69 Å². The Balaban J connectivity index is 1.31. The lowest BCUT2D eigenvalue weighted by atomic mass is 10.0.